The van der Waals surface area contributed by atoms with Gasteiger partial charge in [-0.05, 0) is 18.3 Å². The van der Waals surface area contributed by atoms with Gasteiger partial charge >= 0.3 is 6.09 Å². The minimum absolute atomic E-state index is 0.229. The Morgan fingerprint density at radius 2 is 1.87 bits per heavy atom. The summed E-state index contributed by atoms with van der Waals surface area (Å²) in [5.41, 5.74) is -0.419. The molecule has 0 spiro atoms. The molecule has 0 radical (unpaired) electrons. The number of hydrogen-bond acceptors (Lipinski definition) is 2. The lowest BCUT2D eigenvalue weighted by molar-refractivity contribution is -0.125. The molecule has 1 aliphatic rings. The quantitative estimate of drug-likeness (QED) is 0.654. The van der Waals surface area contributed by atoms with Crippen molar-refractivity contribution in [1.29, 1.82) is 0 Å². The first-order chi connectivity index (χ1) is 6.80. The molecule has 5 nitrogen and oxygen atoms in total. The van der Waals surface area contributed by atoms with Crippen LogP contribution in [0.2, 0.25) is 0 Å². The van der Waals surface area contributed by atoms with Crippen molar-refractivity contribution in [3.8, 4) is 0 Å². The molecule has 0 aliphatic heterocycles. The molecule has 0 aromatic carbocycles. The van der Waals surface area contributed by atoms with E-state index in [-0.39, 0.29) is 11.9 Å². The van der Waals surface area contributed by atoms with Crippen molar-refractivity contribution in [2.75, 3.05) is 0 Å². The zero-order valence-electron chi connectivity index (χ0n) is 9.33. The Bertz CT molecular complexity index is 266. The number of rotatable bonds is 3. The van der Waals surface area contributed by atoms with Gasteiger partial charge in [0.05, 0.1) is 0 Å². The number of amides is 2. The van der Waals surface area contributed by atoms with Gasteiger partial charge in [0.25, 0.3) is 0 Å². The van der Waals surface area contributed by atoms with Crippen molar-refractivity contribution < 1.29 is 14.7 Å². The van der Waals surface area contributed by atoms with Crippen LogP contribution < -0.4 is 10.6 Å². The summed E-state index contributed by atoms with van der Waals surface area (Å²) < 4.78 is 0. The first kappa shape index (κ1) is 11.8. The van der Waals surface area contributed by atoms with Crippen LogP contribution in [0.4, 0.5) is 4.79 Å². The molecule has 0 unspecified atom stereocenters. The van der Waals surface area contributed by atoms with E-state index in [9.17, 15) is 9.59 Å². The van der Waals surface area contributed by atoms with E-state index in [2.05, 4.69) is 10.6 Å². The van der Waals surface area contributed by atoms with Crippen molar-refractivity contribution >= 4 is 12.0 Å². The van der Waals surface area contributed by atoms with E-state index in [0.717, 1.165) is 12.8 Å². The van der Waals surface area contributed by atoms with Crippen molar-refractivity contribution in [2.45, 2.75) is 45.7 Å². The molecule has 2 amide bonds. The van der Waals surface area contributed by atoms with E-state index in [0.29, 0.717) is 0 Å². The van der Waals surface area contributed by atoms with Gasteiger partial charge in [-0.15, -0.1) is 0 Å². The van der Waals surface area contributed by atoms with E-state index in [1.165, 1.54) is 0 Å². The van der Waals surface area contributed by atoms with Crippen LogP contribution in [-0.2, 0) is 4.79 Å². The van der Waals surface area contributed by atoms with E-state index < -0.39 is 17.6 Å². The maximum absolute atomic E-state index is 11.7. The fourth-order valence-corrected chi connectivity index (χ4v) is 1.31. The maximum atomic E-state index is 11.7. The normalized spacial score (nSPS) is 18.1. The van der Waals surface area contributed by atoms with Crippen LogP contribution in [0.5, 0.6) is 0 Å². The predicted octanol–water partition coefficient (Wildman–Crippen LogP) is 0.947. The van der Waals surface area contributed by atoms with Crippen LogP contribution in [0.15, 0.2) is 0 Å². The second-order valence-corrected chi connectivity index (χ2v) is 5.03. The Morgan fingerprint density at radius 1 is 1.33 bits per heavy atom. The minimum atomic E-state index is -1.17. The number of nitrogens with one attached hydrogen (secondary N) is 2. The van der Waals surface area contributed by atoms with Gasteiger partial charge in [-0.2, -0.15) is 0 Å². The fraction of sp³-hybridized carbons (Fsp3) is 0.800. The topological polar surface area (TPSA) is 78.4 Å². The standard InChI is InChI=1S/C10H18N2O3/c1-10(2,3)7(12-9(14)15)8(13)11-6-4-5-6/h6-7,12H,4-5H2,1-3H3,(H,11,13)(H,14,15)/t7-/m0/s1. The highest BCUT2D eigenvalue weighted by atomic mass is 16.4. The first-order valence-electron chi connectivity index (χ1n) is 5.10. The van der Waals surface area contributed by atoms with Gasteiger partial charge in [0.15, 0.2) is 0 Å². The molecule has 3 N–H and O–H groups in total. The first-order valence-corrected chi connectivity index (χ1v) is 5.10. The van der Waals surface area contributed by atoms with Gasteiger partial charge in [0, 0.05) is 6.04 Å². The number of carboxylic acid groups (broad SMARTS) is 1. The van der Waals surface area contributed by atoms with Crippen molar-refractivity contribution in [2.24, 2.45) is 5.41 Å². The zero-order chi connectivity index (χ0) is 11.6. The van der Waals surface area contributed by atoms with Gasteiger partial charge in [-0.1, -0.05) is 20.8 Å². The molecule has 15 heavy (non-hydrogen) atoms. The average Bonchev–Trinajstić information content (AvgIpc) is 2.81. The SMILES string of the molecule is CC(C)(C)[C@@H](NC(=O)O)C(=O)NC1CC1. The summed E-state index contributed by atoms with van der Waals surface area (Å²) in [5.74, 6) is -0.229. The zero-order valence-corrected chi connectivity index (χ0v) is 9.33. The molecule has 0 bridgehead atoms. The Morgan fingerprint density at radius 3 is 2.20 bits per heavy atom. The lowest BCUT2D eigenvalue weighted by atomic mass is 9.86. The molecule has 0 aromatic heterocycles. The molecule has 1 rings (SSSR count). The average molecular weight is 214 g/mol. The van der Waals surface area contributed by atoms with Crippen LogP contribution in [-0.4, -0.2) is 29.2 Å². The summed E-state index contributed by atoms with van der Waals surface area (Å²) >= 11 is 0. The Hall–Kier alpha value is -1.26. The summed E-state index contributed by atoms with van der Waals surface area (Å²) in [5, 5.41) is 13.7. The lowest BCUT2D eigenvalue weighted by Crippen LogP contribution is -2.53. The molecular formula is C10H18N2O3. The highest BCUT2D eigenvalue weighted by molar-refractivity contribution is 5.86. The third-order valence-electron chi connectivity index (χ3n) is 2.32. The second-order valence-electron chi connectivity index (χ2n) is 5.03. The van der Waals surface area contributed by atoms with Crippen LogP contribution in [0.1, 0.15) is 33.6 Å². The number of carbonyl (C=O) groups is 2. The summed E-state index contributed by atoms with van der Waals surface area (Å²) in [6.07, 6.45) is 0.826. The van der Waals surface area contributed by atoms with E-state index >= 15 is 0 Å². The van der Waals surface area contributed by atoms with E-state index in [1.807, 2.05) is 20.8 Å². The van der Waals surface area contributed by atoms with Gasteiger partial charge in [-0.3, -0.25) is 4.79 Å². The molecule has 0 saturated heterocycles. The van der Waals surface area contributed by atoms with Crippen molar-refractivity contribution in [3.05, 3.63) is 0 Å². The van der Waals surface area contributed by atoms with E-state index in [1.54, 1.807) is 0 Å². The summed E-state index contributed by atoms with van der Waals surface area (Å²) in [6.45, 7) is 5.50. The minimum Gasteiger partial charge on any atom is -0.465 e. The van der Waals surface area contributed by atoms with Gasteiger partial charge in [-0.25, -0.2) is 4.79 Å². The van der Waals surface area contributed by atoms with Crippen LogP contribution in [0.25, 0.3) is 0 Å². The van der Waals surface area contributed by atoms with Crippen molar-refractivity contribution in [3.63, 3.8) is 0 Å². The number of carbonyl (C=O) groups excluding carboxylic acids is 1. The molecule has 1 fully saturated rings. The Balaban J connectivity index is 2.61. The van der Waals surface area contributed by atoms with Crippen LogP contribution >= 0.6 is 0 Å². The Labute approximate surface area is 89.2 Å². The van der Waals surface area contributed by atoms with E-state index in [4.69, 9.17) is 5.11 Å². The predicted molar refractivity (Wildman–Crippen MR) is 55.6 cm³/mol. The molecule has 1 saturated carbocycles. The highest BCUT2D eigenvalue weighted by Crippen LogP contribution is 2.23. The number of hydrogen-bond donors (Lipinski definition) is 3. The molecule has 1 atom stereocenters. The van der Waals surface area contributed by atoms with Crippen molar-refractivity contribution in [1.82, 2.24) is 10.6 Å². The smallest absolute Gasteiger partial charge is 0.405 e. The van der Waals surface area contributed by atoms with Gasteiger partial charge in [0.2, 0.25) is 5.91 Å². The van der Waals surface area contributed by atoms with Crippen LogP contribution in [0, 0.1) is 5.41 Å². The summed E-state index contributed by atoms with van der Waals surface area (Å²) in [4.78, 5) is 22.3. The molecule has 1 aliphatic carbocycles. The highest BCUT2D eigenvalue weighted by Gasteiger charge is 2.35. The monoisotopic (exact) mass is 214 g/mol. The fourth-order valence-electron chi connectivity index (χ4n) is 1.31. The summed E-state index contributed by atoms with van der Waals surface area (Å²) in [6, 6.07) is -0.450. The summed E-state index contributed by atoms with van der Waals surface area (Å²) in [7, 11) is 0. The Kier molecular flexibility index (Phi) is 3.21. The molecule has 5 heteroatoms. The largest absolute Gasteiger partial charge is 0.465 e. The molecule has 86 valence electrons. The molecular weight excluding hydrogens is 196 g/mol. The molecule has 0 aromatic rings. The van der Waals surface area contributed by atoms with Gasteiger partial charge in [0.1, 0.15) is 6.04 Å². The maximum Gasteiger partial charge on any atom is 0.405 e. The second kappa shape index (κ2) is 4.08. The molecule has 0 heterocycles. The lowest BCUT2D eigenvalue weighted by Gasteiger charge is -2.29. The van der Waals surface area contributed by atoms with Gasteiger partial charge < -0.3 is 15.7 Å². The third-order valence-corrected chi connectivity index (χ3v) is 2.32. The van der Waals surface area contributed by atoms with Crippen LogP contribution in [0.3, 0.4) is 0 Å². The third kappa shape index (κ3) is 3.77.